The molecule has 0 saturated carbocycles. The maximum absolute atomic E-state index is 11.9. The highest BCUT2D eigenvalue weighted by molar-refractivity contribution is 5.83. The number of carboxylic acid groups (broad SMARTS) is 1. The summed E-state index contributed by atoms with van der Waals surface area (Å²) in [6.45, 7) is 4.38. The van der Waals surface area contributed by atoms with Gasteiger partial charge in [-0.25, -0.2) is 0 Å². The number of benzene rings is 1. The molecule has 1 aromatic rings. The van der Waals surface area contributed by atoms with Gasteiger partial charge in [0.1, 0.15) is 0 Å². The van der Waals surface area contributed by atoms with Gasteiger partial charge in [0.05, 0.1) is 12.5 Å². The normalized spacial score (nSPS) is 17.8. The Labute approximate surface area is 118 Å². The molecule has 1 aliphatic rings. The molecule has 1 atom stereocenters. The van der Waals surface area contributed by atoms with Crippen molar-refractivity contribution in [3.05, 3.63) is 29.8 Å². The zero-order chi connectivity index (χ0) is 14.7. The molecular formula is C15H20N2O3. The summed E-state index contributed by atoms with van der Waals surface area (Å²) >= 11 is 0. The molecule has 0 saturated heterocycles. The Morgan fingerprint density at radius 2 is 2.10 bits per heavy atom. The molecule has 0 aromatic heterocycles. The molecular weight excluding hydrogens is 256 g/mol. The first kappa shape index (κ1) is 14.4. The van der Waals surface area contributed by atoms with Crippen LogP contribution in [0.5, 0.6) is 0 Å². The van der Waals surface area contributed by atoms with E-state index in [1.54, 1.807) is 0 Å². The minimum atomic E-state index is -0.811. The average Bonchev–Trinajstić information content (AvgIpc) is 2.37. The molecule has 1 heterocycles. The minimum Gasteiger partial charge on any atom is -0.481 e. The molecule has 0 bridgehead atoms. The molecule has 5 heteroatoms. The fourth-order valence-corrected chi connectivity index (χ4v) is 2.54. The van der Waals surface area contributed by atoms with Crippen LogP contribution in [0.15, 0.2) is 24.3 Å². The van der Waals surface area contributed by atoms with E-state index in [0.717, 1.165) is 11.3 Å². The third-order valence-corrected chi connectivity index (χ3v) is 3.37. The summed E-state index contributed by atoms with van der Waals surface area (Å²) < 4.78 is 0. The third kappa shape index (κ3) is 3.29. The summed E-state index contributed by atoms with van der Waals surface area (Å²) in [6.07, 6.45) is 0.522. The van der Waals surface area contributed by atoms with Gasteiger partial charge in [-0.2, -0.15) is 0 Å². The van der Waals surface area contributed by atoms with E-state index < -0.39 is 11.9 Å². The minimum absolute atomic E-state index is 0.0813. The highest BCUT2D eigenvalue weighted by Gasteiger charge is 2.29. The molecule has 1 amide bonds. The van der Waals surface area contributed by atoms with Crippen LogP contribution in [0.2, 0.25) is 0 Å². The maximum atomic E-state index is 11.9. The lowest BCUT2D eigenvalue weighted by molar-refractivity contribution is -0.141. The van der Waals surface area contributed by atoms with Gasteiger partial charge in [0.25, 0.3) is 0 Å². The van der Waals surface area contributed by atoms with E-state index >= 15 is 0 Å². The molecule has 0 spiro atoms. The number of rotatable bonds is 4. The van der Waals surface area contributed by atoms with Gasteiger partial charge in [-0.05, 0) is 31.9 Å². The van der Waals surface area contributed by atoms with Crippen LogP contribution < -0.4 is 10.2 Å². The monoisotopic (exact) mass is 276 g/mol. The highest BCUT2D eigenvalue weighted by Crippen LogP contribution is 2.29. The Hall–Kier alpha value is -2.04. The zero-order valence-electron chi connectivity index (χ0n) is 11.8. The molecule has 0 fully saturated rings. The molecule has 1 unspecified atom stereocenters. The highest BCUT2D eigenvalue weighted by atomic mass is 16.4. The average molecular weight is 276 g/mol. The van der Waals surface area contributed by atoms with Crippen LogP contribution in [0.3, 0.4) is 0 Å². The number of anilines is 1. The largest absolute Gasteiger partial charge is 0.481 e. The second-order valence-electron chi connectivity index (χ2n) is 5.47. The number of aliphatic carboxylic acids is 1. The van der Waals surface area contributed by atoms with Crippen LogP contribution in [0.25, 0.3) is 0 Å². The first-order valence-electron chi connectivity index (χ1n) is 6.82. The number of nitrogens with zero attached hydrogens (tertiary/aromatic N) is 1. The number of carbonyl (C=O) groups excluding carboxylic acids is 1. The predicted molar refractivity (Wildman–Crippen MR) is 76.8 cm³/mol. The summed E-state index contributed by atoms with van der Waals surface area (Å²) in [7, 11) is 0. The quantitative estimate of drug-likeness (QED) is 0.869. The van der Waals surface area contributed by atoms with Gasteiger partial charge in [0, 0.05) is 18.3 Å². The molecule has 0 radical (unpaired) electrons. The predicted octanol–water partition coefficient (Wildman–Crippen LogP) is 1.27. The van der Waals surface area contributed by atoms with E-state index in [1.807, 2.05) is 43.0 Å². The second kappa shape index (κ2) is 5.94. The van der Waals surface area contributed by atoms with Crippen molar-refractivity contribution < 1.29 is 14.7 Å². The van der Waals surface area contributed by atoms with Crippen molar-refractivity contribution in [1.82, 2.24) is 5.32 Å². The molecule has 2 N–H and O–H groups in total. The van der Waals surface area contributed by atoms with Crippen molar-refractivity contribution in [3.63, 3.8) is 0 Å². The third-order valence-electron chi connectivity index (χ3n) is 3.37. The van der Waals surface area contributed by atoms with E-state index in [2.05, 4.69) is 5.32 Å². The molecule has 1 aromatic carbocycles. The fraction of sp³-hybridized carbons (Fsp3) is 0.467. The number of carbonyl (C=O) groups is 2. The van der Waals surface area contributed by atoms with Crippen LogP contribution in [0.4, 0.5) is 5.69 Å². The molecule has 2 rings (SSSR count). The van der Waals surface area contributed by atoms with Crippen molar-refractivity contribution in [1.29, 1.82) is 0 Å². The number of hydrogen-bond acceptors (Lipinski definition) is 3. The van der Waals surface area contributed by atoms with Crippen molar-refractivity contribution in [2.24, 2.45) is 5.92 Å². The van der Waals surface area contributed by atoms with E-state index in [9.17, 15) is 14.7 Å². The van der Waals surface area contributed by atoms with Crippen LogP contribution in [0, 0.1) is 5.92 Å². The van der Waals surface area contributed by atoms with Crippen LogP contribution in [-0.2, 0) is 16.0 Å². The second-order valence-corrected chi connectivity index (χ2v) is 5.47. The SMILES string of the molecule is CC(C)NC(=O)CN1CC(C(=O)O)Cc2ccccc21. The van der Waals surface area contributed by atoms with E-state index in [4.69, 9.17) is 0 Å². The Morgan fingerprint density at radius 3 is 2.75 bits per heavy atom. The Kier molecular flexibility index (Phi) is 4.27. The number of nitrogens with one attached hydrogen (secondary N) is 1. The topological polar surface area (TPSA) is 69.6 Å². The Bertz CT molecular complexity index is 514. The zero-order valence-corrected chi connectivity index (χ0v) is 11.8. The van der Waals surface area contributed by atoms with E-state index in [-0.39, 0.29) is 18.5 Å². The smallest absolute Gasteiger partial charge is 0.308 e. The summed E-state index contributed by atoms with van der Waals surface area (Å²) in [5.41, 5.74) is 1.95. The van der Waals surface area contributed by atoms with Crippen molar-refractivity contribution in [3.8, 4) is 0 Å². The molecule has 0 aliphatic carbocycles. The number of para-hydroxylation sites is 1. The summed E-state index contributed by atoms with van der Waals surface area (Å²) in [4.78, 5) is 25.0. The first-order valence-corrected chi connectivity index (χ1v) is 6.82. The van der Waals surface area contributed by atoms with E-state index in [0.29, 0.717) is 13.0 Å². The van der Waals surface area contributed by atoms with Crippen LogP contribution in [0.1, 0.15) is 19.4 Å². The summed E-state index contributed by atoms with van der Waals surface area (Å²) in [5.74, 6) is -1.36. The van der Waals surface area contributed by atoms with Gasteiger partial charge in [0.2, 0.25) is 5.91 Å². The number of amides is 1. The standard InChI is InChI=1S/C15H20N2O3/c1-10(2)16-14(18)9-17-8-12(15(19)20)7-11-5-3-4-6-13(11)17/h3-6,10,12H,7-9H2,1-2H3,(H,16,18)(H,19,20). The van der Waals surface area contributed by atoms with Gasteiger partial charge >= 0.3 is 5.97 Å². The maximum Gasteiger partial charge on any atom is 0.308 e. The van der Waals surface area contributed by atoms with E-state index in [1.165, 1.54) is 0 Å². The van der Waals surface area contributed by atoms with Gasteiger partial charge in [-0.1, -0.05) is 18.2 Å². The van der Waals surface area contributed by atoms with Crippen molar-refractivity contribution >= 4 is 17.6 Å². The van der Waals surface area contributed by atoms with Gasteiger partial charge in [0.15, 0.2) is 0 Å². The lowest BCUT2D eigenvalue weighted by Crippen LogP contribution is -2.45. The van der Waals surface area contributed by atoms with Gasteiger partial charge in [-0.15, -0.1) is 0 Å². The molecule has 108 valence electrons. The van der Waals surface area contributed by atoms with Crippen LogP contribution >= 0.6 is 0 Å². The summed E-state index contributed by atoms with van der Waals surface area (Å²) in [6, 6.07) is 7.76. The first-order chi connectivity index (χ1) is 9.47. The van der Waals surface area contributed by atoms with Crippen molar-refractivity contribution in [2.75, 3.05) is 18.0 Å². The van der Waals surface area contributed by atoms with Gasteiger partial charge in [-0.3, -0.25) is 9.59 Å². The summed E-state index contributed by atoms with van der Waals surface area (Å²) in [5, 5.41) is 12.1. The number of carboxylic acids is 1. The lowest BCUT2D eigenvalue weighted by atomic mass is 9.92. The Balaban J connectivity index is 2.18. The molecule has 1 aliphatic heterocycles. The van der Waals surface area contributed by atoms with Crippen LogP contribution in [-0.4, -0.2) is 36.1 Å². The number of hydrogen-bond donors (Lipinski definition) is 2. The lowest BCUT2D eigenvalue weighted by Gasteiger charge is -2.34. The Morgan fingerprint density at radius 1 is 1.40 bits per heavy atom. The van der Waals surface area contributed by atoms with Crippen molar-refractivity contribution in [2.45, 2.75) is 26.3 Å². The molecule has 20 heavy (non-hydrogen) atoms. The fourth-order valence-electron chi connectivity index (χ4n) is 2.54. The van der Waals surface area contributed by atoms with Gasteiger partial charge < -0.3 is 15.3 Å². The number of fused-ring (bicyclic) bond motifs is 1. The molecule has 5 nitrogen and oxygen atoms in total.